The molecule has 0 aliphatic carbocycles. The number of fused-ring (bicyclic) bond motifs is 2. The molecule has 0 unspecified atom stereocenters. The van der Waals surface area contributed by atoms with Gasteiger partial charge in [-0.3, -0.25) is 0 Å². The standard InChI is InChI=1S/C26H28FN5O2/c1-15(2)32-16(3)14-34-25-22(32)10-19(11-23(25)33-4)24-21(27)13-29-26(31-24)30-20-6-5-18-12-28-8-7-17(18)9-20/h5-6,9-11,13,15,28H,3,7-8,12,14H2,1-2,4H3,(H,29,30,31). The largest absolute Gasteiger partial charge is 0.493 e. The molecule has 8 heteroatoms. The van der Waals surface area contributed by atoms with Gasteiger partial charge in [-0.05, 0) is 62.2 Å². The second-order valence-corrected chi connectivity index (χ2v) is 8.77. The third-order valence-electron chi connectivity index (χ3n) is 6.12. The number of aromatic nitrogens is 2. The van der Waals surface area contributed by atoms with Gasteiger partial charge in [-0.15, -0.1) is 0 Å². The highest BCUT2D eigenvalue weighted by atomic mass is 19.1. The van der Waals surface area contributed by atoms with Crippen LogP contribution in [0.3, 0.4) is 0 Å². The van der Waals surface area contributed by atoms with E-state index in [9.17, 15) is 4.39 Å². The van der Waals surface area contributed by atoms with Crippen molar-refractivity contribution >= 4 is 17.3 Å². The highest BCUT2D eigenvalue weighted by Gasteiger charge is 2.28. The molecule has 176 valence electrons. The van der Waals surface area contributed by atoms with Crippen LogP contribution in [-0.4, -0.2) is 36.3 Å². The molecular formula is C26H28FN5O2. The second kappa shape index (κ2) is 8.95. The number of benzene rings is 2. The maximum absolute atomic E-state index is 15.0. The van der Waals surface area contributed by atoms with Gasteiger partial charge in [0.1, 0.15) is 12.3 Å². The molecule has 0 amide bonds. The average Bonchev–Trinajstić information content (AvgIpc) is 2.84. The zero-order chi connectivity index (χ0) is 23.8. The van der Waals surface area contributed by atoms with Crippen LogP contribution in [0.5, 0.6) is 11.5 Å². The summed E-state index contributed by atoms with van der Waals surface area (Å²) >= 11 is 0. The molecule has 7 nitrogen and oxygen atoms in total. The summed E-state index contributed by atoms with van der Waals surface area (Å²) < 4.78 is 26.4. The first-order valence-corrected chi connectivity index (χ1v) is 11.4. The first-order valence-electron chi connectivity index (χ1n) is 11.4. The molecule has 34 heavy (non-hydrogen) atoms. The molecule has 0 atom stereocenters. The Morgan fingerprint density at radius 2 is 2.09 bits per heavy atom. The van der Waals surface area contributed by atoms with Gasteiger partial charge in [-0.1, -0.05) is 12.6 Å². The minimum absolute atomic E-state index is 0.141. The molecule has 0 radical (unpaired) electrons. The SMILES string of the molecule is C=C1COc2c(OC)cc(-c3nc(Nc4ccc5c(c4)CCNC5)ncc3F)cc2N1C(C)C. The Bertz CT molecular complexity index is 1260. The van der Waals surface area contributed by atoms with Gasteiger partial charge in [0, 0.05) is 29.5 Å². The minimum atomic E-state index is -0.518. The molecule has 0 spiro atoms. The van der Waals surface area contributed by atoms with Gasteiger partial charge in [0.05, 0.1) is 19.0 Å². The zero-order valence-corrected chi connectivity index (χ0v) is 19.6. The third-order valence-corrected chi connectivity index (χ3v) is 6.12. The molecule has 0 fully saturated rings. The lowest BCUT2D eigenvalue weighted by Gasteiger charge is -2.36. The smallest absolute Gasteiger partial charge is 0.227 e. The lowest BCUT2D eigenvalue weighted by Crippen LogP contribution is -2.35. The van der Waals surface area contributed by atoms with E-state index in [0.29, 0.717) is 29.6 Å². The fraction of sp³-hybridized carbons (Fsp3) is 0.308. The van der Waals surface area contributed by atoms with E-state index in [1.54, 1.807) is 13.2 Å². The Kier molecular flexibility index (Phi) is 5.83. The molecular weight excluding hydrogens is 433 g/mol. The van der Waals surface area contributed by atoms with Crippen molar-refractivity contribution in [1.82, 2.24) is 15.3 Å². The van der Waals surface area contributed by atoms with Crippen LogP contribution in [0, 0.1) is 5.82 Å². The molecule has 0 saturated carbocycles. The third kappa shape index (κ3) is 4.05. The van der Waals surface area contributed by atoms with E-state index in [4.69, 9.17) is 9.47 Å². The van der Waals surface area contributed by atoms with Crippen LogP contribution in [0.4, 0.5) is 21.7 Å². The predicted octanol–water partition coefficient (Wildman–Crippen LogP) is 4.80. The topological polar surface area (TPSA) is 71.5 Å². The van der Waals surface area contributed by atoms with Gasteiger partial charge in [-0.2, -0.15) is 0 Å². The molecule has 2 aromatic carbocycles. The summed E-state index contributed by atoms with van der Waals surface area (Å²) in [5.41, 5.74) is 5.81. The van der Waals surface area contributed by atoms with E-state index in [-0.39, 0.29) is 11.7 Å². The van der Waals surface area contributed by atoms with Gasteiger partial charge in [0.15, 0.2) is 17.3 Å². The maximum atomic E-state index is 15.0. The van der Waals surface area contributed by atoms with E-state index < -0.39 is 5.82 Å². The number of nitrogens with one attached hydrogen (secondary N) is 2. The van der Waals surface area contributed by atoms with E-state index >= 15 is 0 Å². The second-order valence-electron chi connectivity index (χ2n) is 8.77. The summed E-state index contributed by atoms with van der Waals surface area (Å²) in [5.74, 6) is 0.934. The van der Waals surface area contributed by atoms with Gasteiger partial charge < -0.3 is 25.0 Å². The Hall–Kier alpha value is -3.65. The monoisotopic (exact) mass is 461 g/mol. The molecule has 1 aromatic heterocycles. The first-order chi connectivity index (χ1) is 16.4. The van der Waals surface area contributed by atoms with Crippen molar-refractivity contribution in [3.8, 4) is 22.8 Å². The van der Waals surface area contributed by atoms with Crippen molar-refractivity contribution in [3.63, 3.8) is 0 Å². The Morgan fingerprint density at radius 1 is 1.24 bits per heavy atom. The van der Waals surface area contributed by atoms with Crippen molar-refractivity contribution in [3.05, 3.63) is 65.7 Å². The molecule has 3 aromatic rings. The number of hydrogen-bond acceptors (Lipinski definition) is 7. The fourth-order valence-corrected chi connectivity index (χ4v) is 4.55. The van der Waals surface area contributed by atoms with Gasteiger partial charge in [0.25, 0.3) is 0 Å². The number of halogens is 1. The Morgan fingerprint density at radius 3 is 2.88 bits per heavy atom. The van der Waals surface area contributed by atoms with E-state index in [1.807, 2.05) is 12.1 Å². The van der Waals surface area contributed by atoms with Crippen LogP contribution >= 0.6 is 0 Å². The fourth-order valence-electron chi connectivity index (χ4n) is 4.55. The van der Waals surface area contributed by atoms with E-state index in [0.717, 1.165) is 36.6 Å². The van der Waals surface area contributed by atoms with E-state index in [1.165, 1.54) is 17.3 Å². The van der Waals surface area contributed by atoms with Crippen LogP contribution in [0.25, 0.3) is 11.3 Å². The lowest BCUT2D eigenvalue weighted by atomic mass is 10.0. The van der Waals surface area contributed by atoms with Crippen molar-refractivity contribution < 1.29 is 13.9 Å². The Labute approximate surface area is 198 Å². The van der Waals surface area contributed by atoms with Crippen LogP contribution in [0.1, 0.15) is 25.0 Å². The number of hydrogen-bond donors (Lipinski definition) is 2. The van der Waals surface area contributed by atoms with Crippen molar-refractivity contribution in [2.75, 3.05) is 30.5 Å². The highest BCUT2D eigenvalue weighted by Crippen LogP contribution is 2.46. The average molecular weight is 462 g/mol. The summed E-state index contributed by atoms with van der Waals surface area (Å²) in [6, 6.07) is 9.94. The number of rotatable bonds is 5. The number of ether oxygens (including phenoxy) is 2. The molecule has 5 rings (SSSR count). The maximum Gasteiger partial charge on any atom is 0.227 e. The summed E-state index contributed by atoms with van der Waals surface area (Å²) in [6.45, 7) is 10.5. The van der Waals surface area contributed by atoms with Gasteiger partial charge in [0.2, 0.25) is 5.95 Å². The zero-order valence-electron chi connectivity index (χ0n) is 19.6. The van der Waals surface area contributed by atoms with Crippen LogP contribution < -0.4 is 25.0 Å². The summed E-state index contributed by atoms with van der Waals surface area (Å²) in [7, 11) is 1.57. The van der Waals surface area contributed by atoms with Crippen molar-refractivity contribution in [2.45, 2.75) is 32.9 Å². The number of anilines is 3. The van der Waals surface area contributed by atoms with E-state index in [2.05, 4.69) is 58.1 Å². The van der Waals surface area contributed by atoms with Gasteiger partial charge >= 0.3 is 0 Å². The number of nitrogens with zero attached hydrogens (tertiary/aromatic N) is 3. The van der Waals surface area contributed by atoms with Gasteiger partial charge in [-0.25, -0.2) is 14.4 Å². The lowest BCUT2D eigenvalue weighted by molar-refractivity contribution is 0.305. The van der Waals surface area contributed by atoms with Crippen molar-refractivity contribution in [1.29, 1.82) is 0 Å². The predicted molar refractivity (Wildman–Crippen MR) is 131 cm³/mol. The number of methoxy groups -OCH3 is 1. The summed E-state index contributed by atoms with van der Waals surface area (Å²) in [6.07, 6.45) is 2.16. The Balaban J connectivity index is 1.53. The quantitative estimate of drug-likeness (QED) is 0.565. The minimum Gasteiger partial charge on any atom is -0.493 e. The van der Waals surface area contributed by atoms with Crippen LogP contribution in [0.2, 0.25) is 0 Å². The van der Waals surface area contributed by atoms with Crippen LogP contribution in [-0.2, 0) is 13.0 Å². The summed E-state index contributed by atoms with van der Waals surface area (Å²) in [4.78, 5) is 10.8. The molecule has 0 bridgehead atoms. The molecule has 0 saturated heterocycles. The summed E-state index contributed by atoms with van der Waals surface area (Å²) in [5, 5.41) is 6.60. The normalized spacial score (nSPS) is 15.0. The van der Waals surface area contributed by atoms with Crippen molar-refractivity contribution in [2.24, 2.45) is 0 Å². The molecule has 3 heterocycles. The molecule has 2 aliphatic heterocycles. The molecule has 2 aliphatic rings. The van der Waals surface area contributed by atoms with Crippen LogP contribution in [0.15, 0.2) is 48.8 Å². The first kappa shape index (κ1) is 22.2. The highest BCUT2D eigenvalue weighted by molar-refractivity contribution is 5.78. The molecule has 2 N–H and O–H groups in total.